The van der Waals surface area contributed by atoms with Gasteiger partial charge in [0.25, 0.3) is 0 Å². The number of rotatable bonds is 2. The van der Waals surface area contributed by atoms with Crippen LogP contribution in [0.1, 0.15) is 51.6 Å². The van der Waals surface area contributed by atoms with Crippen LogP contribution in [0.2, 0.25) is 0 Å². The van der Waals surface area contributed by atoms with Crippen molar-refractivity contribution in [2.45, 2.75) is 57.9 Å². The van der Waals surface area contributed by atoms with Gasteiger partial charge in [-0.2, -0.15) is 0 Å². The summed E-state index contributed by atoms with van der Waals surface area (Å²) >= 11 is 5.40. The number of H-pyrrole nitrogens is 1. The average Bonchev–Trinajstić information content (AvgIpc) is 2.61. The lowest BCUT2D eigenvalue weighted by molar-refractivity contribution is 0.211. The van der Waals surface area contributed by atoms with Crippen LogP contribution in [0.4, 0.5) is 0 Å². The summed E-state index contributed by atoms with van der Waals surface area (Å²) in [5.41, 5.74) is 1.62. The van der Waals surface area contributed by atoms with Crippen LogP contribution in [0.5, 0.6) is 0 Å². The van der Waals surface area contributed by atoms with Crippen LogP contribution >= 0.6 is 12.2 Å². The molecule has 1 saturated carbocycles. The van der Waals surface area contributed by atoms with Crippen molar-refractivity contribution in [1.82, 2.24) is 9.55 Å². The predicted octanol–water partition coefficient (Wildman–Crippen LogP) is 3.79. The summed E-state index contributed by atoms with van der Waals surface area (Å²) in [6.07, 6.45) is 9.73. The molecule has 1 N–H and O–H groups in total. The van der Waals surface area contributed by atoms with E-state index in [0.717, 1.165) is 11.2 Å². The van der Waals surface area contributed by atoms with Gasteiger partial charge in [-0.15, -0.1) is 0 Å². The highest BCUT2D eigenvalue weighted by molar-refractivity contribution is 7.71. The molecule has 1 heterocycles. The van der Waals surface area contributed by atoms with Crippen molar-refractivity contribution >= 4 is 12.2 Å². The van der Waals surface area contributed by atoms with Gasteiger partial charge in [0, 0.05) is 17.4 Å². The molecule has 0 radical (unpaired) electrons. The molecule has 2 rings (SSSR count). The third kappa shape index (κ3) is 1.89. The topological polar surface area (TPSA) is 20.7 Å². The molecule has 15 heavy (non-hydrogen) atoms. The van der Waals surface area contributed by atoms with Crippen LogP contribution in [0.15, 0.2) is 6.20 Å². The molecule has 0 amide bonds. The Morgan fingerprint density at radius 3 is 2.67 bits per heavy atom. The lowest BCUT2D eigenvalue weighted by atomic mass is 9.83. The van der Waals surface area contributed by atoms with Crippen LogP contribution in [-0.2, 0) is 12.0 Å². The number of aryl methyl sites for hydroxylation is 1. The molecule has 0 aromatic carbocycles. The second-order valence-corrected chi connectivity index (χ2v) is 5.22. The van der Waals surface area contributed by atoms with Gasteiger partial charge in [-0.1, -0.05) is 26.2 Å². The highest BCUT2D eigenvalue weighted by atomic mass is 32.1. The van der Waals surface area contributed by atoms with Crippen molar-refractivity contribution in [2.75, 3.05) is 0 Å². The Labute approximate surface area is 96.7 Å². The van der Waals surface area contributed by atoms with Crippen LogP contribution in [0.25, 0.3) is 0 Å². The Morgan fingerprint density at radius 1 is 1.40 bits per heavy atom. The summed E-state index contributed by atoms with van der Waals surface area (Å²) in [5, 5.41) is 0. The second-order valence-electron chi connectivity index (χ2n) is 4.83. The molecule has 0 atom stereocenters. The van der Waals surface area contributed by atoms with Crippen molar-refractivity contribution < 1.29 is 0 Å². The van der Waals surface area contributed by atoms with Crippen molar-refractivity contribution in [2.24, 2.45) is 0 Å². The van der Waals surface area contributed by atoms with E-state index >= 15 is 0 Å². The summed E-state index contributed by atoms with van der Waals surface area (Å²) in [6, 6.07) is 0. The Balaban J connectivity index is 2.42. The predicted molar refractivity (Wildman–Crippen MR) is 65.7 cm³/mol. The van der Waals surface area contributed by atoms with Gasteiger partial charge in [0.15, 0.2) is 4.77 Å². The van der Waals surface area contributed by atoms with E-state index in [4.69, 9.17) is 12.2 Å². The van der Waals surface area contributed by atoms with E-state index in [1.54, 1.807) is 0 Å². The van der Waals surface area contributed by atoms with Gasteiger partial charge in [-0.05, 0) is 38.4 Å². The Bertz CT molecular complexity index is 383. The van der Waals surface area contributed by atoms with Crippen LogP contribution < -0.4 is 0 Å². The fourth-order valence-electron chi connectivity index (χ4n) is 2.79. The SMILES string of the molecule is CCc1c[nH]c(=S)n1C1(C)CCCCC1. The van der Waals surface area contributed by atoms with E-state index in [1.165, 1.54) is 37.8 Å². The number of nitrogens with zero attached hydrogens (tertiary/aromatic N) is 1. The van der Waals surface area contributed by atoms with Crippen molar-refractivity contribution in [3.63, 3.8) is 0 Å². The first kappa shape index (κ1) is 10.9. The number of aromatic amines is 1. The number of hydrogen-bond donors (Lipinski definition) is 1. The summed E-state index contributed by atoms with van der Waals surface area (Å²) in [7, 11) is 0. The van der Waals surface area contributed by atoms with Gasteiger partial charge in [-0.3, -0.25) is 0 Å². The second kappa shape index (κ2) is 4.12. The molecule has 0 unspecified atom stereocenters. The first-order valence-electron chi connectivity index (χ1n) is 5.97. The maximum absolute atomic E-state index is 5.40. The van der Waals surface area contributed by atoms with Crippen molar-refractivity contribution in [3.8, 4) is 0 Å². The average molecular weight is 224 g/mol. The summed E-state index contributed by atoms with van der Waals surface area (Å²) in [4.78, 5) is 3.19. The minimum atomic E-state index is 0.265. The smallest absolute Gasteiger partial charge is 0.177 e. The molecule has 0 spiro atoms. The lowest BCUT2D eigenvalue weighted by Crippen LogP contribution is -2.33. The van der Waals surface area contributed by atoms with E-state index in [0.29, 0.717) is 0 Å². The minimum absolute atomic E-state index is 0.265. The fourth-order valence-corrected chi connectivity index (χ4v) is 3.19. The Morgan fingerprint density at radius 2 is 2.07 bits per heavy atom. The largest absolute Gasteiger partial charge is 0.337 e. The molecule has 1 aromatic heterocycles. The third-order valence-electron chi connectivity index (χ3n) is 3.69. The summed E-state index contributed by atoms with van der Waals surface area (Å²) in [6.45, 7) is 4.55. The molecule has 84 valence electrons. The Hall–Kier alpha value is -0.570. The van der Waals surface area contributed by atoms with Crippen LogP contribution in [0, 0.1) is 4.77 Å². The van der Waals surface area contributed by atoms with Crippen LogP contribution in [-0.4, -0.2) is 9.55 Å². The maximum Gasteiger partial charge on any atom is 0.177 e. The van der Waals surface area contributed by atoms with Gasteiger partial charge in [0.05, 0.1) is 0 Å². The third-order valence-corrected chi connectivity index (χ3v) is 3.99. The molecule has 0 bridgehead atoms. The summed E-state index contributed by atoms with van der Waals surface area (Å²) in [5.74, 6) is 0. The summed E-state index contributed by atoms with van der Waals surface area (Å²) < 4.78 is 3.26. The van der Waals surface area contributed by atoms with Gasteiger partial charge >= 0.3 is 0 Å². The molecule has 3 heteroatoms. The van der Waals surface area contributed by atoms with E-state index in [-0.39, 0.29) is 5.54 Å². The highest BCUT2D eigenvalue weighted by Gasteiger charge is 2.30. The number of aromatic nitrogens is 2. The van der Waals surface area contributed by atoms with Gasteiger partial charge in [0.2, 0.25) is 0 Å². The van der Waals surface area contributed by atoms with E-state index < -0.39 is 0 Å². The molecular weight excluding hydrogens is 204 g/mol. The zero-order chi connectivity index (χ0) is 10.9. The maximum atomic E-state index is 5.40. The zero-order valence-electron chi connectivity index (χ0n) is 9.68. The molecule has 2 nitrogen and oxygen atoms in total. The zero-order valence-corrected chi connectivity index (χ0v) is 10.5. The van der Waals surface area contributed by atoms with E-state index in [9.17, 15) is 0 Å². The van der Waals surface area contributed by atoms with Gasteiger partial charge in [-0.25, -0.2) is 0 Å². The molecule has 0 saturated heterocycles. The Kier molecular flexibility index (Phi) is 3.01. The standard InChI is InChI=1S/C12H20N2S/c1-3-10-9-13-11(15)14(10)12(2)7-5-4-6-8-12/h9H,3-8H2,1-2H3,(H,13,15). The number of nitrogens with one attached hydrogen (secondary N) is 1. The molecular formula is C12H20N2S. The quantitative estimate of drug-likeness (QED) is 0.758. The monoisotopic (exact) mass is 224 g/mol. The normalized spacial score (nSPS) is 20.4. The van der Waals surface area contributed by atoms with E-state index in [1.807, 2.05) is 0 Å². The van der Waals surface area contributed by atoms with Crippen molar-refractivity contribution in [3.05, 3.63) is 16.7 Å². The van der Waals surface area contributed by atoms with Crippen molar-refractivity contribution in [1.29, 1.82) is 0 Å². The minimum Gasteiger partial charge on any atom is -0.337 e. The highest BCUT2D eigenvalue weighted by Crippen LogP contribution is 2.35. The first-order chi connectivity index (χ1) is 7.17. The molecule has 0 aliphatic heterocycles. The number of imidazole rings is 1. The first-order valence-corrected chi connectivity index (χ1v) is 6.38. The fraction of sp³-hybridized carbons (Fsp3) is 0.750. The van der Waals surface area contributed by atoms with Gasteiger partial charge in [0.1, 0.15) is 0 Å². The number of hydrogen-bond acceptors (Lipinski definition) is 1. The lowest BCUT2D eigenvalue weighted by Gasteiger charge is -2.36. The molecule has 1 aliphatic rings. The van der Waals surface area contributed by atoms with Crippen LogP contribution in [0.3, 0.4) is 0 Å². The molecule has 1 aliphatic carbocycles. The molecule has 1 fully saturated rings. The van der Waals surface area contributed by atoms with Gasteiger partial charge < -0.3 is 9.55 Å². The van der Waals surface area contributed by atoms with E-state index in [2.05, 4.69) is 29.6 Å². The molecule has 1 aromatic rings.